The van der Waals surface area contributed by atoms with Crippen LogP contribution in [0.2, 0.25) is 0 Å². The van der Waals surface area contributed by atoms with Crippen molar-refractivity contribution < 1.29 is 0 Å². The molecule has 0 bridgehead atoms. The van der Waals surface area contributed by atoms with Gasteiger partial charge in [-0.15, -0.1) is 11.3 Å². The molecule has 0 saturated heterocycles. The molecule has 402 valence electrons. The highest BCUT2D eigenvalue weighted by Crippen LogP contribution is 2.55. The minimum absolute atomic E-state index is 0.0428. The fourth-order valence-electron chi connectivity index (χ4n) is 15.9. The van der Waals surface area contributed by atoms with E-state index in [1.54, 1.807) is 0 Å². The van der Waals surface area contributed by atoms with Gasteiger partial charge in [0, 0.05) is 43.3 Å². The Morgan fingerprint density at radius 2 is 0.800 bits per heavy atom. The predicted molar refractivity (Wildman–Crippen MR) is 350 cm³/mol. The maximum absolute atomic E-state index is 2.79. The number of thiophene rings is 1. The Labute approximate surface area is 483 Å². The van der Waals surface area contributed by atoms with E-state index in [2.05, 4.69) is 281 Å². The van der Waals surface area contributed by atoms with Crippen molar-refractivity contribution in [1.82, 2.24) is 0 Å². The van der Waals surface area contributed by atoms with Crippen LogP contribution in [-0.4, -0.2) is 14.8 Å². The zero-order valence-corrected chi connectivity index (χ0v) is 51.6. The molecule has 14 rings (SSSR count). The van der Waals surface area contributed by atoms with E-state index in [4.69, 9.17) is 0 Å². The zero-order valence-electron chi connectivity index (χ0n) is 49.8. The Kier molecular flexibility index (Phi) is 11.4. The maximum Gasteiger partial charge on any atom is 0.264 e. The molecule has 5 aliphatic rings. The highest BCUT2D eigenvalue weighted by molar-refractivity contribution is 7.33. The van der Waals surface area contributed by atoms with Gasteiger partial charge in [0.25, 0.3) is 6.71 Å². The number of anilines is 6. The number of nitrogens with zero attached hydrogens (tertiary/aromatic N) is 2. The first kappa shape index (κ1) is 51.7. The summed E-state index contributed by atoms with van der Waals surface area (Å²) >= 11 is 2.08. The molecule has 3 aliphatic carbocycles. The zero-order chi connectivity index (χ0) is 55.7. The Bertz CT molecular complexity index is 3880. The molecule has 80 heavy (non-hydrogen) atoms. The molecule has 0 radical (unpaired) electrons. The molecule has 9 aromatic rings. The van der Waals surface area contributed by atoms with Crippen molar-refractivity contribution >= 4 is 107 Å². The summed E-state index contributed by atoms with van der Waals surface area (Å²) in [5.41, 5.74) is 21.5. The van der Waals surface area contributed by atoms with Crippen LogP contribution in [0.15, 0.2) is 170 Å². The maximum atomic E-state index is 2.73. The van der Waals surface area contributed by atoms with E-state index in [9.17, 15) is 0 Å². The molecule has 0 saturated carbocycles. The van der Waals surface area contributed by atoms with Crippen LogP contribution in [0.4, 0.5) is 34.1 Å². The Morgan fingerprint density at radius 3 is 1.31 bits per heavy atom. The second-order valence-corrected chi connectivity index (χ2v) is 33.8. The molecule has 0 atom stereocenters. The van der Waals surface area contributed by atoms with Crippen molar-refractivity contribution in [3.8, 4) is 0 Å². The molecule has 0 unspecified atom stereocenters. The van der Waals surface area contributed by atoms with Gasteiger partial charge < -0.3 is 9.80 Å². The monoisotopic (exact) mass is 1080 g/mol. The third-order valence-electron chi connectivity index (χ3n) is 21.0. The number of hydrogen-bond donors (Lipinski definition) is 0. The topological polar surface area (TPSA) is 6.48 Å². The number of aryl methyl sites for hydroxylation is 1. The summed E-state index contributed by atoms with van der Waals surface area (Å²) in [4.78, 5) is 5.47. The van der Waals surface area contributed by atoms with E-state index >= 15 is 0 Å². The third-order valence-corrected chi connectivity index (χ3v) is 27.0. The summed E-state index contributed by atoms with van der Waals surface area (Å²) in [6, 6.07) is 67.6. The first-order valence-corrected chi connectivity index (χ1v) is 32.8. The van der Waals surface area contributed by atoms with Crippen LogP contribution in [0.25, 0.3) is 10.1 Å². The number of benzene rings is 8. The number of rotatable bonds is 6. The summed E-state index contributed by atoms with van der Waals surface area (Å²) in [5, 5.41) is 6.94. The molecule has 0 fully saturated rings. The molecule has 0 spiro atoms. The van der Waals surface area contributed by atoms with Gasteiger partial charge in [-0.1, -0.05) is 198 Å². The summed E-state index contributed by atoms with van der Waals surface area (Å²) in [6.45, 7) is 32.3. The highest BCUT2D eigenvalue weighted by atomic mass is 32.1. The summed E-state index contributed by atoms with van der Waals surface area (Å²) in [7, 11) is -2.79. The van der Waals surface area contributed by atoms with Crippen LogP contribution < -0.4 is 46.2 Å². The van der Waals surface area contributed by atoms with Gasteiger partial charge in [-0.25, -0.2) is 0 Å². The van der Waals surface area contributed by atoms with Crippen LogP contribution >= 0.6 is 11.3 Å². The number of hydrogen-bond acceptors (Lipinski definition) is 3. The second-order valence-electron chi connectivity index (χ2n) is 28.9. The van der Waals surface area contributed by atoms with Crippen molar-refractivity contribution in [2.45, 2.75) is 161 Å². The van der Waals surface area contributed by atoms with E-state index < -0.39 is 8.07 Å². The molecule has 2 aliphatic heterocycles. The van der Waals surface area contributed by atoms with Gasteiger partial charge >= 0.3 is 0 Å². The molecule has 0 N–H and O–H groups in total. The largest absolute Gasteiger partial charge is 0.311 e. The average Bonchev–Trinajstić information content (AvgIpc) is 4.01. The highest BCUT2D eigenvalue weighted by Gasteiger charge is 2.50. The first-order chi connectivity index (χ1) is 38.0. The fraction of sp³-hybridized carbons (Fsp3) is 0.333. The van der Waals surface area contributed by atoms with Gasteiger partial charge in [0.05, 0.1) is 5.69 Å². The van der Waals surface area contributed by atoms with Crippen molar-refractivity contribution in [2.24, 2.45) is 0 Å². The molecule has 0 amide bonds. The van der Waals surface area contributed by atoms with E-state index in [-0.39, 0.29) is 39.2 Å². The van der Waals surface area contributed by atoms with E-state index in [1.807, 2.05) is 0 Å². The van der Waals surface area contributed by atoms with Crippen LogP contribution in [-0.2, 0) is 32.5 Å². The molecule has 5 heteroatoms. The molecule has 3 heterocycles. The van der Waals surface area contributed by atoms with Crippen LogP contribution in [0.5, 0.6) is 0 Å². The smallest absolute Gasteiger partial charge is 0.264 e. The molecule has 8 aromatic carbocycles. The van der Waals surface area contributed by atoms with E-state index in [0.717, 1.165) is 0 Å². The SMILES string of the molecule is Cc1cc2c3c(c1)N(c1ccc([Si](c4ccccc4)(c4ccccc4)c4ccccc4)cc1)c1c(sc4cc5c(cc14)C(C)(C)CCC5(C)C)B3c1cc3c(cc1N2c1ccc2c(c1)C(C)(C)CCC2(C)C)C(C)(C)CCC3(C)C. The predicted octanol–water partition coefficient (Wildman–Crippen LogP) is 15.7. The van der Waals surface area contributed by atoms with Crippen LogP contribution in [0.1, 0.15) is 161 Å². The third kappa shape index (κ3) is 7.54. The summed E-state index contributed by atoms with van der Waals surface area (Å²) in [5.74, 6) is 0. The average molecular weight is 1080 g/mol. The van der Waals surface area contributed by atoms with Crippen molar-refractivity contribution in [2.75, 3.05) is 9.80 Å². The lowest BCUT2D eigenvalue weighted by Gasteiger charge is -2.47. The van der Waals surface area contributed by atoms with Gasteiger partial charge in [0.2, 0.25) is 0 Å². The van der Waals surface area contributed by atoms with Gasteiger partial charge in [0.15, 0.2) is 8.07 Å². The van der Waals surface area contributed by atoms with Gasteiger partial charge in [-0.05, 0) is 203 Å². The van der Waals surface area contributed by atoms with Gasteiger partial charge in [-0.3, -0.25) is 0 Å². The van der Waals surface area contributed by atoms with Crippen LogP contribution in [0.3, 0.4) is 0 Å². The lowest BCUT2D eigenvalue weighted by molar-refractivity contribution is 0.332. The molecular weight excluding hydrogens is 1000 g/mol. The van der Waals surface area contributed by atoms with E-state index in [0.29, 0.717) is 0 Å². The molecule has 2 nitrogen and oxygen atoms in total. The Hall–Kier alpha value is -6.40. The van der Waals surface area contributed by atoms with Crippen molar-refractivity contribution in [3.63, 3.8) is 0 Å². The quantitative estimate of drug-likeness (QED) is 0.121. The minimum Gasteiger partial charge on any atom is -0.311 e. The minimum atomic E-state index is -2.79. The standard InChI is InChI=1S/C75H79BN2SSi/c1-48-41-64-67-65(42-48)78(49-29-32-54(33-30-49)80(51-23-17-14-18-24-51,52-25-19-15-20-26-52)53-27-21-16-22-28-53)68-55-44-58-61(75(12,13)40-37-72(58,6)7)47-66(55)79-69(68)76(67)62-45-59-60(74(10,11)39-38-73(59,8)9)46-63(62)77(64)50-31-34-56-57(43-50)71(4,5)36-35-70(56,2)3/h14-34,41-47H,35-40H2,1-13H3. The summed E-state index contributed by atoms with van der Waals surface area (Å²) in [6.07, 6.45) is 7.10. The lowest BCUT2D eigenvalue weighted by atomic mass is 9.35. The Balaban J connectivity index is 1.08. The van der Waals surface area contributed by atoms with Crippen molar-refractivity contribution in [1.29, 1.82) is 0 Å². The molecule has 1 aromatic heterocycles. The van der Waals surface area contributed by atoms with E-state index in [1.165, 1.54) is 158 Å². The van der Waals surface area contributed by atoms with Gasteiger partial charge in [-0.2, -0.15) is 0 Å². The van der Waals surface area contributed by atoms with Crippen LogP contribution in [0, 0.1) is 6.92 Å². The lowest BCUT2D eigenvalue weighted by Crippen LogP contribution is -2.74. The van der Waals surface area contributed by atoms with Gasteiger partial charge in [0.1, 0.15) is 0 Å². The fourth-order valence-corrected chi connectivity index (χ4v) is 22.0. The number of fused-ring (bicyclic) bond motifs is 9. The summed E-state index contributed by atoms with van der Waals surface area (Å²) < 4.78 is 2.86. The molecular formula is C75H79BN2SSi. The van der Waals surface area contributed by atoms with Crippen molar-refractivity contribution in [3.05, 3.63) is 209 Å². The Morgan fingerprint density at radius 1 is 0.388 bits per heavy atom. The first-order valence-electron chi connectivity index (χ1n) is 30.0. The normalized spacial score (nSPS) is 19.3. The second kappa shape index (κ2) is 17.6.